The monoisotopic (exact) mass is 228 g/mol. The van der Waals surface area contributed by atoms with E-state index >= 15 is 0 Å². The molecule has 1 atom stereocenters. The van der Waals surface area contributed by atoms with Crippen molar-refractivity contribution in [1.29, 1.82) is 0 Å². The molecule has 0 saturated heterocycles. The van der Waals surface area contributed by atoms with Crippen LogP contribution in [0.1, 0.15) is 24.6 Å². The second kappa shape index (κ2) is 3.89. The van der Waals surface area contributed by atoms with E-state index in [1.54, 1.807) is 0 Å². The molecule has 1 aromatic heterocycles. The molecule has 2 heterocycles. The van der Waals surface area contributed by atoms with Crippen molar-refractivity contribution in [2.45, 2.75) is 25.4 Å². The number of benzene rings is 1. The third kappa shape index (κ3) is 1.70. The number of hydrogen-bond acceptors (Lipinski definition) is 3. The second-order valence-electron chi connectivity index (χ2n) is 4.53. The first-order valence-electron chi connectivity index (χ1n) is 5.92. The molecule has 4 N–H and O–H groups in total. The predicted molar refractivity (Wildman–Crippen MR) is 68.2 cm³/mol. The van der Waals surface area contributed by atoms with Gasteiger partial charge in [-0.3, -0.25) is 0 Å². The van der Waals surface area contributed by atoms with Gasteiger partial charge in [-0.15, -0.1) is 0 Å². The van der Waals surface area contributed by atoms with E-state index in [1.807, 2.05) is 30.5 Å². The lowest BCUT2D eigenvalue weighted by atomic mass is 10.1. The van der Waals surface area contributed by atoms with Crippen molar-refractivity contribution in [3.8, 4) is 11.4 Å². The van der Waals surface area contributed by atoms with Gasteiger partial charge >= 0.3 is 0 Å². The molecule has 1 aliphatic rings. The number of hydrogen-bond donors (Lipinski definition) is 2. The molecule has 1 aromatic carbocycles. The van der Waals surface area contributed by atoms with Crippen molar-refractivity contribution < 1.29 is 0 Å². The molecule has 1 aliphatic heterocycles. The standard InChI is InChI=1S/C13H16N4/c14-10-5-3-9(4-6-10)13-16-8-12-11(15)2-1-7-17(12)13/h3-6,8,11H,1-2,7,14-15H2. The topological polar surface area (TPSA) is 69.9 Å². The van der Waals surface area contributed by atoms with Gasteiger partial charge < -0.3 is 16.0 Å². The minimum Gasteiger partial charge on any atom is -0.399 e. The summed E-state index contributed by atoms with van der Waals surface area (Å²) < 4.78 is 2.22. The highest BCUT2D eigenvalue weighted by Crippen LogP contribution is 2.28. The van der Waals surface area contributed by atoms with Crippen molar-refractivity contribution in [1.82, 2.24) is 9.55 Å². The summed E-state index contributed by atoms with van der Waals surface area (Å²) in [4.78, 5) is 4.49. The fraction of sp³-hybridized carbons (Fsp3) is 0.308. The number of nitrogen functional groups attached to an aromatic ring is 1. The smallest absolute Gasteiger partial charge is 0.140 e. The molecule has 0 radical (unpaired) electrons. The molecule has 4 nitrogen and oxygen atoms in total. The van der Waals surface area contributed by atoms with Crippen molar-refractivity contribution in [2.75, 3.05) is 5.73 Å². The van der Waals surface area contributed by atoms with Crippen molar-refractivity contribution in [2.24, 2.45) is 5.73 Å². The van der Waals surface area contributed by atoms with E-state index in [9.17, 15) is 0 Å². The SMILES string of the molecule is Nc1ccc(-c2ncc3n2CCCC3N)cc1. The summed E-state index contributed by atoms with van der Waals surface area (Å²) >= 11 is 0. The number of anilines is 1. The Balaban J connectivity index is 2.07. The van der Waals surface area contributed by atoms with Crippen LogP contribution in [0, 0.1) is 0 Å². The maximum atomic E-state index is 6.08. The van der Waals surface area contributed by atoms with Gasteiger partial charge in [0.1, 0.15) is 5.82 Å². The number of imidazole rings is 1. The number of nitrogens with zero attached hydrogens (tertiary/aromatic N) is 2. The van der Waals surface area contributed by atoms with Crippen molar-refractivity contribution in [3.05, 3.63) is 36.2 Å². The van der Waals surface area contributed by atoms with Gasteiger partial charge in [0.2, 0.25) is 0 Å². The fourth-order valence-electron chi connectivity index (χ4n) is 2.40. The maximum absolute atomic E-state index is 6.08. The number of aromatic nitrogens is 2. The van der Waals surface area contributed by atoms with Crippen LogP contribution in [0.4, 0.5) is 5.69 Å². The van der Waals surface area contributed by atoms with Crippen LogP contribution in [-0.2, 0) is 6.54 Å². The van der Waals surface area contributed by atoms with Gasteiger partial charge in [-0.05, 0) is 37.1 Å². The number of fused-ring (bicyclic) bond motifs is 1. The van der Waals surface area contributed by atoms with Crippen LogP contribution in [-0.4, -0.2) is 9.55 Å². The second-order valence-corrected chi connectivity index (χ2v) is 4.53. The van der Waals surface area contributed by atoms with Crippen LogP contribution in [0.3, 0.4) is 0 Å². The molecule has 4 heteroatoms. The Morgan fingerprint density at radius 1 is 1.24 bits per heavy atom. The normalized spacial score (nSPS) is 19.0. The lowest BCUT2D eigenvalue weighted by Gasteiger charge is -2.22. The lowest BCUT2D eigenvalue weighted by molar-refractivity contribution is 0.466. The molecular weight excluding hydrogens is 212 g/mol. The molecule has 0 bridgehead atoms. The van der Waals surface area contributed by atoms with E-state index in [0.717, 1.165) is 42.2 Å². The Labute approximate surface area is 100 Å². The average molecular weight is 228 g/mol. The molecule has 0 amide bonds. The molecule has 0 spiro atoms. The largest absolute Gasteiger partial charge is 0.399 e. The summed E-state index contributed by atoms with van der Waals surface area (Å²) in [7, 11) is 0. The first kappa shape index (κ1) is 10.4. The highest BCUT2D eigenvalue weighted by molar-refractivity contribution is 5.59. The molecular formula is C13H16N4. The van der Waals surface area contributed by atoms with Crippen molar-refractivity contribution >= 4 is 5.69 Å². The van der Waals surface area contributed by atoms with E-state index in [4.69, 9.17) is 11.5 Å². The molecule has 88 valence electrons. The summed E-state index contributed by atoms with van der Waals surface area (Å²) in [5.74, 6) is 0.996. The first-order valence-corrected chi connectivity index (χ1v) is 5.92. The summed E-state index contributed by atoms with van der Waals surface area (Å²) in [5, 5.41) is 0. The van der Waals surface area contributed by atoms with Gasteiger partial charge in [0, 0.05) is 23.8 Å². The van der Waals surface area contributed by atoms with E-state index in [1.165, 1.54) is 0 Å². The molecule has 17 heavy (non-hydrogen) atoms. The Morgan fingerprint density at radius 2 is 2.00 bits per heavy atom. The van der Waals surface area contributed by atoms with Crippen LogP contribution in [0.25, 0.3) is 11.4 Å². The molecule has 1 unspecified atom stereocenters. The Hall–Kier alpha value is -1.81. The zero-order chi connectivity index (χ0) is 11.8. The Kier molecular flexibility index (Phi) is 2.37. The van der Waals surface area contributed by atoms with Gasteiger partial charge in [-0.1, -0.05) is 0 Å². The fourth-order valence-corrected chi connectivity index (χ4v) is 2.40. The summed E-state index contributed by atoms with van der Waals surface area (Å²) in [6.45, 7) is 1.00. The summed E-state index contributed by atoms with van der Waals surface area (Å²) in [5.41, 5.74) is 14.8. The quantitative estimate of drug-likeness (QED) is 0.733. The van der Waals surface area contributed by atoms with Crippen molar-refractivity contribution in [3.63, 3.8) is 0 Å². The zero-order valence-electron chi connectivity index (χ0n) is 9.63. The predicted octanol–water partition coefficient (Wildman–Crippen LogP) is 1.93. The molecule has 0 aliphatic carbocycles. The Bertz CT molecular complexity index is 527. The third-order valence-electron chi connectivity index (χ3n) is 3.33. The minimum absolute atomic E-state index is 0.124. The third-order valence-corrected chi connectivity index (χ3v) is 3.33. The van der Waals surface area contributed by atoms with Gasteiger partial charge in [0.15, 0.2) is 0 Å². The molecule has 0 fully saturated rings. The minimum atomic E-state index is 0.124. The van der Waals surface area contributed by atoms with Gasteiger partial charge in [0.25, 0.3) is 0 Å². The van der Waals surface area contributed by atoms with Crippen LogP contribution < -0.4 is 11.5 Å². The maximum Gasteiger partial charge on any atom is 0.140 e. The highest BCUT2D eigenvalue weighted by Gasteiger charge is 2.20. The molecule has 2 aromatic rings. The van der Waals surface area contributed by atoms with Crippen LogP contribution >= 0.6 is 0 Å². The van der Waals surface area contributed by atoms with Gasteiger partial charge in [-0.25, -0.2) is 4.98 Å². The van der Waals surface area contributed by atoms with Gasteiger partial charge in [0.05, 0.1) is 11.9 Å². The number of nitrogens with two attached hydrogens (primary N) is 2. The van der Waals surface area contributed by atoms with Crippen LogP contribution in [0.2, 0.25) is 0 Å². The summed E-state index contributed by atoms with van der Waals surface area (Å²) in [6, 6.07) is 7.94. The van der Waals surface area contributed by atoms with Crippen LogP contribution in [0.15, 0.2) is 30.5 Å². The first-order chi connectivity index (χ1) is 8.25. The number of rotatable bonds is 1. The summed E-state index contributed by atoms with van der Waals surface area (Å²) in [6.07, 6.45) is 4.06. The highest BCUT2D eigenvalue weighted by atomic mass is 15.1. The zero-order valence-corrected chi connectivity index (χ0v) is 9.63. The lowest BCUT2D eigenvalue weighted by Crippen LogP contribution is -2.21. The van der Waals surface area contributed by atoms with E-state index in [-0.39, 0.29) is 6.04 Å². The van der Waals surface area contributed by atoms with E-state index in [2.05, 4.69) is 9.55 Å². The molecule has 3 rings (SSSR count). The van der Waals surface area contributed by atoms with Crippen LogP contribution in [0.5, 0.6) is 0 Å². The van der Waals surface area contributed by atoms with E-state index in [0.29, 0.717) is 0 Å². The van der Waals surface area contributed by atoms with E-state index < -0.39 is 0 Å². The average Bonchev–Trinajstić information content (AvgIpc) is 2.75. The molecule has 0 saturated carbocycles. The Morgan fingerprint density at radius 3 is 2.76 bits per heavy atom. The van der Waals surface area contributed by atoms with Gasteiger partial charge in [-0.2, -0.15) is 0 Å².